The molecule has 9 nitrogen and oxygen atoms in total. The lowest BCUT2D eigenvalue weighted by Gasteiger charge is -2.32. The molecule has 0 heterocycles. The summed E-state index contributed by atoms with van der Waals surface area (Å²) >= 11 is 9.46. The molecule has 0 saturated carbocycles. The van der Waals surface area contributed by atoms with Crippen molar-refractivity contribution in [3.8, 4) is 11.5 Å². The molecule has 0 spiro atoms. The standard InChI is InChI=1S/C28H31BrClN3O6S/c1-5-31-28(35)19(2)32(17-20-6-8-21(29)9-7-20)27(34)18-33(23-12-10-22(30)11-13-23)40(36,37)24-14-15-25(38-3)26(16-24)39-4/h6-16,19H,5,17-18H2,1-4H3,(H,31,35). The molecule has 1 N–H and O–H groups in total. The Morgan fingerprint density at radius 3 is 2.17 bits per heavy atom. The fourth-order valence-electron chi connectivity index (χ4n) is 3.93. The summed E-state index contributed by atoms with van der Waals surface area (Å²) < 4.78 is 40.4. The van der Waals surface area contributed by atoms with Gasteiger partial charge >= 0.3 is 0 Å². The van der Waals surface area contributed by atoms with Gasteiger partial charge in [-0.25, -0.2) is 8.42 Å². The summed E-state index contributed by atoms with van der Waals surface area (Å²) in [5.41, 5.74) is 0.996. The van der Waals surface area contributed by atoms with E-state index in [0.717, 1.165) is 14.3 Å². The van der Waals surface area contributed by atoms with Crippen LogP contribution in [0.25, 0.3) is 0 Å². The van der Waals surface area contributed by atoms with Crippen LogP contribution in [0.2, 0.25) is 5.02 Å². The SMILES string of the molecule is CCNC(=O)C(C)N(Cc1ccc(Br)cc1)C(=O)CN(c1ccc(Cl)cc1)S(=O)(=O)c1ccc(OC)c(OC)c1. The van der Waals surface area contributed by atoms with Crippen molar-refractivity contribution in [1.29, 1.82) is 0 Å². The van der Waals surface area contributed by atoms with Gasteiger partial charge in [0, 0.05) is 28.7 Å². The highest BCUT2D eigenvalue weighted by atomic mass is 79.9. The van der Waals surface area contributed by atoms with Gasteiger partial charge in [0.2, 0.25) is 11.8 Å². The second-order valence-corrected chi connectivity index (χ2v) is 11.9. The number of benzene rings is 3. The molecule has 40 heavy (non-hydrogen) atoms. The van der Waals surface area contributed by atoms with Crippen LogP contribution in [0.15, 0.2) is 76.1 Å². The molecule has 2 amide bonds. The normalized spacial score (nSPS) is 11.8. The zero-order valence-corrected chi connectivity index (χ0v) is 25.7. The molecule has 0 saturated heterocycles. The van der Waals surface area contributed by atoms with Crippen LogP contribution in [0.3, 0.4) is 0 Å². The number of halogens is 2. The van der Waals surface area contributed by atoms with Gasteiger partial charge in [-0.15, -0.1) is 0 Å². The lowest BCUT2D eigenvalue weighted by atomic mass is 10.1. The van der Waals surface area contributed by atoms with E-state index < -0.39 is 28.5 Å². The molecule has 0 aromatic heterocycles. The number of anilines is 1. The van der Waals surface area contributed by atoms with E-state index in [2.05, 4.69) is 21.2 Å². The van der Waals surface area contributed by atoms with Crippen LogP contribution in [0.1, 0.15) is 19.4 Å². The average Bonchev–Trinajstić information content (AvgIpc) is 2.95. The Balaban J connectivity index is 2.06. The predicted octanol–water partition coefficient (Wildman–Crippen LogP) is 4.87. The van der Waals surface area contributed by atoms with Gasteiger partial charge in [-0.1, -0.05) is 39.7 Å². The van der Waals surface area contributed by atoms with Crippen LogP contribution in [-0.4, -0.2) is 58.5 Å². The van der Waals surface area contributed by atoms with Crippen LogP contribution >= 0.6 is 27.5 Å². The Morgan fingerprint density at radius 2 is 1.60 bits per heavy atom. The minimum atomic E-state index is -4.29. The zero-order chi connectivity index (χ0) is 29.4. The summed E-state index contributed by atoms with van der Waals surface area (Å²) in [5.74, 6) is -0.353. The van der Waals surface area contributed by atoms with Gasteiger partial charge in [-0.3, -0.25) is 13.9 Å². The van der Waals surface area contributed by atoms with E-state index in [-0.39, 0.29) is 28.8 Å². The van der Waals surface area contributed by atoms with Gasteiger partial charge in [0.1, 0.15) is 12.6 Å². The number of rotatable bonds is 12. The van der Waals surface area contributed by atoms with E-state index in [1.165, 1.54) is 61.6 Å². The Labute approximate surface area is 248 Å². The van der Waals surface area contributed by atoms with E-state index in [1.807, 2.05) is 24.3 Å². The first-order chi connectivity index (χ1) is 19.0. The molecule has 0 aliphatic carbocycles. The van der Waals surface area contributed by atoms with Crippen molar-refractivity contribution < 1.29 is 27.5 Å². The van der Waals surface area contributed by atoms with Crippen molar-refractivity contribution in [3.05, 3.63) is 81.8 Å². The van der Waals surface area contributed by atoms with Gasteiger partial charge in [0.15, 0.2) is 11.5 Å². The van der Waals surface area contributed by atoms with Crippen LogP contribution < -0.4 is 19.1 Å². The Morgan fingerprint density at radius 1 is 0.975 bits per heavy atom. The molecule has 0 bridgehead atoms. The highest BCUT2D eigenvalue weighted by molar-refractivity contribution is 9.10. The first kappa shape index (κ1) is 31.3. The Hall–Kier alpha value is -3.28. The van der Waals surface area contributed by atoms with Crippen molar-refractivity contribution >= 4 is 55.1 Å². The highest BCUT2D eigenvalue weighted by Gasteiger charge is 2.33. The molecular formula is C28H31BrClN3O6S. The molecule has 3 rings (SSSR count). The molecule has 0 radical (unpaired) electrons. The van der Waals surface area contributed by atoms with E-state index in [9.17, 15) is 18.0 Å². The van der Waals surface area contributed by atoms with Gasteiger partial charge in [-0.2, -0.15) is 0 Å². The lowest BCUT2D eigenvalue weighted by molar-refractivity contribution is -0.139. The van der Waals surface area contributed by atoms with E-state index in [0.29, 0.717) is 17.3 Å². The van der Waals surface area contributed by atoms with Crippen LogP contribution in [0, 0.1) is 0 Å². The fraction of sp³-hybridized carbons (Fsp3) is 0.286. The molecule has 1 atom stereocenters. The number of nitrogens with zero attached hydrogens (tertiary/aromatic N) is 2. The Bertz CT molecular complexity index is 1440. The molecular weight excluding hydrogens is 622 g/mol. The fourth-order valence-corrected chi connectivity index (χ4v) is 5.75. The summed E-state index contributed by atoms with van der Waals surface area (Å²) in [6.45, 7) is 3.29. The number of ether oxygens (including phenoxy) is 2. The number of likely N-dealkylation sites (N-methyl/N-ethyl adjacent to an activating group) is 1. The van der Waals surface area contributed by atoms with Crippen LogP contribution in [-0.2, 0) is 26.2 Å². The lowest BCUT2D eigenvalue weighted by Crippen LogP contribution is -2.51. The Kier molecular flexibility index (Phi) is 10.8. The molecule has 0 aliphatic rings. The van der Waals surface area contributed by atoms with Crippen LogP contribution in [0.5, 0.6) is 11.5 Å². The maximum Gasteiger partial charge on any atom is 0.264 e. The molecule has 1 unspecified atom stereocenters. The number of hydrogen-bond acceptors (Lipinski definition) is 6. The molecule has 214 valence electrons. The summed E-state index contributed by atoms with van der Waals surface area (Å²) in [5, 5.41) is 3.14. The summed E-state index contributed by atoms with van der Waals surface area (Å²) in [6, 6.07) is 16.7. The molecule has 3 aromatic carbocycles. The maximum absolute atomic E-state index is 14.0. The largest absolute Gasteiger partial charge is 0.493 e. The topological polar surface area (TPSA) is 105 Å². The van der Waals surface area contributed by atoms with Gasteiger partial charge < -0.3 is 19.7 Å². The number of sulfonamides is 1. The third kappa shape index (κ3) is 7.47. The summed E-state index contributed by atoms with van der Waals surface area (Å²) in [7, 11) is -1.44. The number of carbonyl (C=O) groups is 2. The monoisotopic (exact) mass is 651 g/mol. The zero-order valence-electron chi connectivity index (χ0n) is 22.6. The summed E-state index contributed by atoms with van der Waals surface area (Å²) in [4.78, 5) is 27.9. The minimum Gasteiger partial charge on any atom is -0.493 e. The van der Waals surface area contributed by atoms with Crippen molar-refractivity contribution in [2.24, 2.45) is 0 Å². The first-order valence-corrected chi connectivity index (χ1v) is 14.9. The average molecular weight is 653 g/mol. The van der Waals surface area contributed by atoms with Gasteiger partial charge in [-0.05, 0) is 67.9 Å². The van der Waals surface area contributed by atoms with Gasteiger partial charge in [0.05, 0.1) is 24.8 Å². The quantitative estimate of drug-likeness (QED) is 0.300. The molecule has 3 aromatic rings. The van der Waals surface area contributed by atoms with Crippen molar-refractivity contribution in [3.63, 3.8) is 0 Å². The smallest absolute Gasteiger partial charge is 0.264 e. The number of hydrogen-bond donors (Lipinski definition) is 1. The minimum absolute atomic E-state index is 0.0925. The number of carbonyl (C=O) groups excluding carboxylic acids is 2. The third-order valence-electron chi connectivity index (χ3n) is 6.12. The van der Waals surface area contributed by atoms with E-state index in [1.54, 1.807) is 13.8 Å². The molecule has 12 heteroatoms. The molecule has 0 fully saturated rings. The van der Waals surface area contributed by atoms with Crippen molar-refractivity contribution in [2.75, 3.05) is 31.6 Å². The highest BCUT2D eigenvalue weighted by Crippen LogP contribution is 2.32. The van der Waals surface area contributed by atoms with E-state index in [4.69, 9.17) is 21.1 Å². The second kappa shape index (κ2) is 13.9. The summed E-state index contributed by atoms with van der Waals surface area (Å²) in [6.07, 6.45) is 0. The third-order valence-corrected chi connectivity index (χ3v) is 8.67. The number of nitrogens with one attached hydrogen (secondary N) is 1. The first-order valence-electron chi connectivity index (χ1n) is 12.3. The van der Waals surface area contributed by atoms with Gasteiger partial charge in [0.25, 0.3) is 10.0 Å². The van der Waals surface area contributed by atoms with E-state index >= 15 is 0 Å². The van der Waals surface area contributed by atoms with Crippen molar-refractivity contribution in [1.82, 2.24) is 10.2 Å². The molecule has 0 aliphatic heterocycles. The van der Waals surface area contributed by atoms with Crippen molar-refractivity contribution in [2.45, 2.75) is 31.3 Å². The number of methoxy groups -OCH3 is 2. The predicted molar refractivity (Wildman–Crippen MR) is 158 cm³/mol. The number of amides is 2. The maximum atomic E-state index is 14.0. The van der Waals surface area contributed by atoms with Crippen LogP contribution in [0.4, 0.5) is 5.69 Å². The second-order valence-electron chi connectivity index (χ2n) is 8.72.